The van der Waals surface area contributed by atoms with Gasteiger partial charge in [0.05, 0.1) is 33.8 Å². The summed E-state index contributed by atoms with van der Waals surface area (Å²) < 4.78 is 41.6. The van der Waals surface area contributed by atoms with Crippen LogP contribution in [0, 0.1) is 5.82 Å². The molecule has 36 heavy (non-hydrogen) atoms. The number of hydrogen-bond acceptors (Lipinski definition) is 5. The average Bonchev–Trinajstić information content (AvgIpc) is 2.85. The number of ketones is 1. The predicted octanol–water partition coefficient (Wildman–Crippen LogP) is 5.62. The lowest BCUT2D eigenvalue weighted by atomic mass is 9.95. The van der Waals surface area contributed by atoms with E-state index in [-0.39, 0.29) is 28.2 Å². The Morgan fingerprint density at radius 1 is 1.11 bits per heavy atom. The van der Waals surface area contributed by atoms with Crippen molar-refractivity contribution in [3.05, 3.63) is 75.4 Å². The Bertz CT molecular complexity index is 1130. The minimum absolute atomic E-state index is 0.0246. The number of carbonyl (C=O) groups is 2. The van der Waals surface area contributed by atoms with Gasteiger partial charge in [-0.25, -0.2) is 13.2 Å². The van der Waals surface area contributed by atoms with Crippen molar-refractivity contribution in [2.45, 2.75) is 51.1 Å². The Morgan fingerprint density at radius 3 is 2.28 bits per heavy atom. The number of benzene rings is 1. The maximum Gasteiger partial charge on any atom is 0.280 e. The van der Waals surface area contributed by atoms with E-state index in [2.05, 4.69) is 9.98 Å². The minimum atomic E-state index is -3.06. The Hall–Kier alpha value is -2.91. The zero-order valence-corrected chi connectivity index (χ0v) is 20.8. The number of nitrogens with two attached hydrogens (primary N) is 1. The fourth-order valence-corrected chi connectivity index (χ4v) is 4.60. The third-order valence-electron chi connectivity index (χ3n) is 5.82. The third-order valence-corrected chi connectivity index (χ3v) is 6.39. The zero-order valence-electron chi connectivity index (χ0n) is 19.3. The van der Waals surface area contributed by atoms with Crippen molar-refractivity contribution in [3.63, 3.8) is 0 Å². The second kappa shape index (κ2) is 12.9. The number of halogens is 5. The van der Waals surface area contributed by atoms with E-state index in [0.29, 0.717) is 18.4 Å². The predicted molar refractivity (Wildman–Crippen MR) is 133 cm³/mol. The quantitative estimate of drug-likeness (QED) is 0.254. The second-order valence-electron chi connectivity index (χ2n) is 8.38. The third kappa shape index (κ3) is 7.07. The van der Waals surface area contributed by atoms with E-state index in [9.17, 15) is 22.8 Å². The number of aliphatic imine (C=N–C) groups is 1. The van der Waals surface area contributed by atoms with Gasteiger partial charge >= 0.3 is 0 Å². The molecular formula is C25H25Cl2F3N4O2. The summed E-state index contributed by atoms with van der Waals surface area (Å²) in [6.07, 6.45) is 4.18. The van der Waals surface area contributed by atoms with Gasteiger partial charge in [0.25, 0.3) is 12.3 Å². The second-order valence-corrected chi connectivity index (χ2v) is 9.19. The van der Waals surface area contributed by atoms with Crippen LogP contribution >= 0.6 is 23.2 Å². The van der Waals surface area contributed by atoms with E-state index in [0.717, 1.165) is 30.4 Å². The van der Waals surface area contributed by atoms with Gasteiger partial charge < -0.3 is 10.6 Å². The molecule has 0 radical (unpaired) electrons. The van der Waals surface area contributed by atoms with Crippen LogP contribution in [0.5, 0.6) is 0 Å². The van der Waals surface area contributed by atoms with Gasteiger partial charge in [0.1, 0.15) is 11.5 Å². The first-order valence-corrected chi connectivity index (χ1v) is 12.1. The molecule has 1 aromatic carbocycles. The van der Waals surface area contributed by atoms with Crippen molar-refractivity contribution in [2.75, 3.05) is 6.54 Å². The molecule has 2 N–H and O–H groups in total. The highest BCUT2D eigenvalue weighted by atomic mass is 35.5. The molecule has 11 heteroatoms. The van der Waals surface area contributed by atoms with Crippen LogP contribution in [0.2, 0.25) is 10.0 Å². The molecule has 0 saturated heterocycles. The summed E-state index contributed by atoms with van der Waals surface area (Å²) in [4.78, 5) is 35.6. The van der Waals surface area contributed by atoms with Crippen molar-refractivity contribution < 1.29 is 22.8 Å². The monoisotopic (exact) mass is 540 g/mol. The molecule has 6 nitrogen and oxygen atoms in total. The maximum atomic E-state index is 14.1. The van der Waals surface area contributed by atoms with Crippen LogP contribution in [0.15, 0.2) is 53.4 Å². The number of aromatic nitrogens is 1. The van der Waals surface area contributed by atoms with Crippen molar-refractivity contribution in [1.29, 1.82) is 0 Å². The fraction of sp³-hybridized carbons (Fsp3) is 0.360. The van der Waals surface area contributed by atoms with E-state index in [1.165, 1.54) is 36.7 Å². The largest absolute Gasteiger partial charge is 0.404 e. The van der Waals surface area contributed by atoms with Crippen LogP contribution in [0.3, 0.4) is 0 Å². The van der Waals surface area contributed by atoms with Crippen LogP contribution in [0.25, 0.3) is 0 Å². The zero-order chi connectivity index (χ0) is 26.2. The summed E-state index contributed by atoms with van der Waals surface area (Å²) in [5.74, 6) is -2.06. The van der Waals surface area contributed by atoms with E-state index < -0.39 is 41.8 Å². The summed E-state index contributed by atoms with van der Waals surface area (Å²) in [7, 11) is 0. The molecule has 1 heterocycles. The molecule has 1 aliphatic rings. The molecule has 1 fully saturated rings. The molecule has 1 amide bonds. The first-order chi connectivity index (χ1) is 17.2. The van der Waals surface area contributed by atoms with Crippen molar-refractivity contribution >= 4 is 40.6 Å². The average molecular weight is 541 g/mol. The Kier molecular flexibility index (Phi) is 9.89. The summed E-state index contributed by atoms with van der Waals surface area (Å²) in [5, 5.41) is -0.0493. The Labute approximate surface area is 217 Å². The Balaban J connectivity index is 1.96. The molecule has 1 aromatic heterocycles. The van der Waals surface area contributed by atoms with E-state index in [1.54, 1.807) is 0 Å². The van der Waals surface area contributed by atoms with Crippen molar-refractivity contribution in [1.82, 2.24) is 9.88 Å². The molecule has 0 unspecified atom stereocenters. The van der Waals surface area contributed by atoms with Crippen LogP contribution in [-0.4, -0.2) is 46.3 Å². The standard InChI is InChI=1S/C25H25Cl2F3N4O2/c26-19-11-32-12-20(27)22(19)21(35)14-34(13-15-6-8-16(28)9-7-15)25(36)18(10-31)23(24(29)30)33-17-4-2-1-3-5-17/h6-12,17,24H,1-5,13-14,31H2. The van der Waals surface area contributed by atoms with Crippen LogP contribution < -0.4 is 5.73 Å². The molecule has 1 saturated carbocycles. The molecule has 2 aromatic rings. The number of alkyl halides is 2. The van der Waals surface area contributed by atoms with E-state index >= 15 is 0 Å². The van der Waals surface area contributed by atoms with Crippen LogP contribution in [0.1, 0.15) is 48.0 Å². The number of amides is 1. The van der Waals surface area contributed by atoms with Gasteiger partial charge in [0.2, 0.25) is 0 Å². The van der Waals surface area contributed by atoms with Gasteiger partial charge in [0, 0.05) is 25.1 Å². The SMILES string of the molecule is NC=C(C(=O)N(CC(=O)c1c(Cl)cncc1Cl)Cc1ccc(F)cc1)C(=NC1CCCCC1)C(F)F. The van der Waals surface area contributed by atoms with E-state index in [4.69, 9.17) is 28.9 Å². The van der Waals surface area contributed by atoms with Crippen molar-refractivity contribution in [2.24, 2.45) is 10.7 Å². The summed E-state index contributed by atoms with van der Waals surface area (Å²) in [6.45, 7) is -0.751. The maximum absolute atomic E-state index is 14.1. The van der Waals surface area contributed by atoms with Gasteiger partial charge in [-0.2, -0.15) is 0 Å². The molecule has 0 aliphatic heterocycles. The first kappa shape index (κ1) is 27.7. The lowest BCUT2D eigenvalue weighted by molar-refractivity contribution is -0.126. The number of rotatable bonds is 9. The minimum Gasteiger partial charge on any atom is -0.404 e. The van der Waals surface area contributed by atoms with Crippen molar-refractivity contribution in [3.8, 4) is 0 Å². The fourth-order valence-electron chi connectivity index (χ4n) is 4.03. The lowest BCUT2D eigenvalue weighted by Crippen LogP contribution is -2.39. The van der Waals surface area contributed by atoms with E-state index in [1.807, 2.05) is 0 Å². The topological polar surface area (TPSA) is 88.7 Å². The number of carbonyl (C=O) groups excluding carboxylic acids is 2. The van der Waals surface area contributed by atoms with Gasteiger partial charge in [-0.05, 0) is 30.5 Å². The molecule has 0 spiro atoms. The number of pyridine rings is 1. The number of hydrogen-bond donors (Lipinski definition) is 1. The normalized spacial score (nSPS) is 15.3. The summed E-state index contributed by atoms with van der Waals surface area (Å²) in [6, 6.07) is 4.87. The molecule has 0 bridgehead atoms. The summed E-state index contributed by atoms with van der Waals surface area (Å²) >= 11 is 12.2. The molecule has 3 rings (SSSR count). The molecular weight excluding hydrogens is 516 g/mol. The molecule has 1 aliphatic carbocycles. The first-order valence-electron chi connectivity index (χ1n) is 11.3. The van der Waals surface area contributed by atoms with Gasteiger partial charge in [0.15, 0.2) is 5.78 Å². The highest BCUT2D eigenvalue weighted by Gasteiger charge is 2.31. The van der Waals surface area contributed by atoms with Crippen LogP contribution in [0.4, 0.5) is 13.2 Å². The lowest BCUT2D eigenvalue weighted by Gasteiger charge is -2.25. The molecule has 192 valence electrons. The number of Topliss-reactive ketones (excluding diaryl/α,β-unsaturated/α-hetero) is 1. The Morgan fingerprint density at radius 2 is 1.72 bits per heavy atom. The number of nitrogens with zero attached hydrogens (tertiary/aromatic N) is 3. The van der Waals surface area contributed by atoms with Gasteiger partial charge in [-0.1, -0.05) is 54.6 Å². The molecule has 0 atom stereocenters. The highest BCUT2D eigenvalue weighted by molar-refractivity contribution is 6.39. The van der Waals surface area contributed by atoms with Gasteiger partial charge in [-0.15, -0.1) is 0 Å². The van der Waals surface area contributed by atoms with Crippen LogP contribution in [-0.2, 0) is 11.3 Å². The highest BCUT2D eigenvalue weighted by Crippen LogP contribution is 2.26. The van der Waals surface area contributed by atoms with Gasteiger partial charge in [-0.3, -0.25) is 19.6 Å². The summed E-state index contributed by atoms with van der Waals surface area (Å²) in [5.41, 5.74) is 4.83. The smallest absolute Gasteiger partial charge is 0.280 e.